The average molecular weight is 130 g/mol. The summed E-state index contributed by atoms with van der Waals surface area (Å²) >= 11 is 0. The van der Waals surface area contributed by atoms with E-state index in [1.54, 1.807) is 0 Å². The molecule has 54 valence electrons. The molecule has 0 fully saturated rings. The van der Waals surface area contributed by atoms with Crippen LogP contribution in [0.5, 0.6) is 0 Å². The molecule has 0 aromatic heterocycles. The van der Waals surface area contributed by atoms with Crippen molar-refractivity contribution in [2.45, 2.75) is 32.7 Å². The second kappa shape index (κ2) is 5.69. The van der Waals surface area contributed by atoms with Crippen LogP contribution >= 0.6 is 0 Å². The number of nitrogens with zero attached hydrogens (tertiary/aromatic N) is 1. The second-order valence-corrected chi connectivity index (χ2v) is 2.18. The van der Waals surface area contributed by atoms with Gasteiger partial charge in [0.05, 0.1) is 0 Å². The van der Waals surface area contributed by atoms with Gasteiger partial charge < -0.3 is 0 Å². The van der Waals surface area contributed by atoms with Crippen molar-refractivity contribution in [2.24, 2.45) is 5.18 Å². The van der Waals surface area contributed by atoms with Crippen LogP contribution in [0.1, 0.15) is 26.7 Å². The molecule has 0 amide bonds. The van der Waals surface area contributed by atoms with Gasteiger partial charge in [-0.25, -0.2) is 0 Å². The summed E-state index contributed by atoms with van der Waals surface area (Å²) in [6, 6.07) is 0.424. The molecule has 3 nitrogen and oxygen atoms in total. The molecule has 0 aliphatic rings. The van der Waals surface area contributed by atoms with Crippen LogP contribution in [0.2, 0.25) is 0 Å². The van der Waals surface area contributed by atoms with Crippen LogP contribution in [0, 0.1) is 4.91 Å². The van der Waals surface area contributed by atoms with Crippen molar-refractivity contribution >= 4 is 0 Å². The van der Waals surface area contributed by atoms with Crippen molar-refractivity contribution in [2.75, 3.05) is 6.67 Å². The lowest BCUT2D eigenvalue weighted by Gasteiger charge is -2.07. The van der Waals surface area contributed by atoms with E-state index < -0.39 is 0 Å². The third-order valence-corrected chi connectivity index (χ3v) is 1.23. The maximum absolute atomic E-state index is 9.60. The number of rotatable bonds is 5. The zero-order chi connectivity index (χ0) is 7.11. The minimum atomic E-state index is 0.237. The molecule has 1 atom stereocenters. The Kier molecular flexibility index (Phi) is 5.41. The van der Waals surface area contributed by atoms with Gasteiger partial charge in [0.1, 0.15) is 6.67 Å². The minimum Gasteiger partial charge on any atom is -0.293 e. The van der Waals surface area contributed by atoms with Gasteiger partial charge in [-0.05, 0) is 13.3 Å². The van der Waals surface area contributed by atoms with E-state index in [1.165, 1.54) is 0 Å². The molecule has 1 unspecified atom stereocenters. The summed E-state index contributed by atoms with van der Waals surface area (Å²) in [7, 11) is 0. The van der Waals surface area contributed by atoms with Crippen LogP contribution in [0.15, 0.2) is 5.18 Å². The topological polar surface area (TPSA) is 41.5 Å². The van der Waals surface area contributed by atoms with Crippen LogP contribution < -0.4 is 5.32 Å². The second-order valence-electron chi connectivity index (χ2n) is 2.18. The van der Waals surface area contributed by atoms with E-state index in [1.807, 2.05) is 0 Å². The molecule has 3 heteroatoms. The fourth-order valence-electron chi connectivity index (χ4n) is 0.728. The van der Waals surface area contributed by atoms with E-state index in [-0.39, 0.29) is 6.67 Å². The zero-order valence-electron chi connectivity index (χ0n) is 6.05. The average Bonchev–Trinajstić information content (AvgIpc) is 1.85. The highest BCUT2D eigenvalue weighted by atomic mass is 16.3. The van der Waals surface area contributed by atoms with Gasteiger partial charge in [-0.2, -0.15) is 0 Å². The van der Waals surface area contributed by atoms with Crippen molar-refractivity contribution in [1.82, 2.24) is 5.32 Å². The summed E-state index contributed by atoms with van der Waals surface area (Å²) in [4.78, 5) is 9.60. The molecular weight excluding hydrogens is 116 g/mol. The fraction of sp³-hybridized carbons (Fsp3) is 1.00. The van der Waals surface area contributed by atoms with Crippen molar-refractivity contribution in [1.29, 1.82) is 0 Å². The fourth-order valence-corrected chi connectivity index (χ4v) is 0.728. The molecule has 0 aliphatic carbocycles. The summed E-state index contributed by atoms with van der Waals surface area (Å²) < 4.78 is 0. The number of nitrogens with one attached hydrogen (secondary N) is 1. The van der Waals surface area contributed by atoms with Crippen molar-refractivity contribution in [3.05, 3.63) is 4.91 Å². The van der Waals surface area contributed by atoms with E-state index in [2.05, 4.69) is 24.3 Å². The molecule has 0 saturated carbocycles. The Morgan fingerprint density at radius 2 is 2.33 bits per heavy atom. The van der Waals surface area contributed by atoms with Gasteiger partial charge in [0.15, 0.2) is 0 Å². The minimum absolute atomic E-state index is 0.237. The first-order valence-electron chi connectivity index (χ1n) is 3.33. The van der Waals surface area contributed by atoms with E-state index in [9.17, 15) is 4.91 Å². The molecule has 9 heavy (non-hydrogen) atoms. The van der Waals surface area contributed by atoms with E-state index in [0.29, 0.717) is 6.04 Å². The van der Waals surface area contributed by atoms with E-state index in [0.717, 1.165) is 12.8 Å². The number of hydrogen-bond donors (Lipinski definition) is 1. The Morgan fingerprint density at radius 3 is 2.78 bits per heavy atom. The SMILES string of the molecule is CCCC(C)NCN=O. The molecule has 0 bridgehead atoms. The molecule has 0 rings (SSSR count). The van der Waals surface area contributed by atoms with Crippen molar-refractivity contribution in [3.63, 3.8) is 0 Å². The van der Waals surface area contributed by atoms with Gasteiger partial charge >= 0.3 is 0 Å². The molecule has 1 N–H and O–H groups in total. The van der Waals surface area contributed by atoms with Crippen molar-refractivity contribution in [3.8, 4) is 0 Å². The van der Waals surface area contributed by atoms with Crippen LogP contribution in [0.3, 0.4) is 0 Å². The first kappa shape index (κ1) is 8.56. The number of nitroso groups, excluding NO2 is 1. The van der Waals surface area contributed by atoms with Gasteiger partial charge in [-0.1, -0.05) is 18.5 Å². The monoisotopic (exact) mass is 130 g/mol. The molecular formula is C6H14N2O. The Labute approximate surface area is 55.8 Å². The zero-order valence-corrected chi connectivity index (χ0v) is 6.05. The largest absolute Gasteiger partial charge is 0.293 e. The first-order valence-corrected chi connectivity index (χ1v) is 3.33. The van der Waals surface area contributed by atoms with Gasteiger partial charge in [0.2, 0.25) is 0 Å². The predicted octanol–water partition coefficient (Wildman–Crippen LogP) is 1.49. The summed E-state index contributed by atoms with van der Waals surface area (Å²) in [6.07, 6.45) is 2.25. The van der Waals surface area contributed by atoms with Crippen LogP contribution in [0.4, 0.5) is 0 Å². The standard InChI is InChI=1S/C6H14N2O/c1-3-4-6(2)7-5-8-9/h6-7H,3-5H2,1-2H3. The first-order chi connectivity index (χ1) is 4.31. The lowest BCUT2D eigenvalue weighted by atomic mass is 10.2. The molecule has 0 aromatic carbocycles. The van der Waals surface area contributed by atoms with Crippen LogP contribution in [-0.4, -0.2) is 12.7 Å². The summed E-state index contributed by atoms with van der Waals surface area (Å²) in [6.45, 7) is 4.41. The maximum Gasteiger partial charge on any atom is 0.131 e. The third-order valence-electron chi connectivity index (χ3n) is 1.23. The Balaban J connectivity index is 3.04. The number of hydrogen-bond acceptors (Lipinski definition) is 3. The summed E-state index contributed by atoms with van der Waals surface area (Å²) in [5, 5.41) is 5.65. The summed E-state index contributed by atoms with van der Waals surface area (Å²) in [5.74, 6) is 0. The highest BCUT2D eigenvalue weighted by Gasteiger charge is 1.96. The normalized spacial score (nSPS) is 13.1. The molecule has 0 heterocycles. The van der Waals surface area contributed by atoms with Gasteiger partial charge in [0.25, 0.3) is 0 Å². The smallest absolute Gasteiger partial charge is 0.131 e. The Bertz CT molecular complexity index is 75.5. The van der Waals surface area contributed by atoms with Crippen molar-refractivity contribution < 1.29 is 0 Å². The molecule has 0 aromatic rings. The quantitative estimate of drug-likeness (QED) is 0.573. The van der Waals surface area contributed by atoms with Crippen LogP contribution in [-0.2, 0) is 0 Å². The van der Waals surface area contributed by atoms with Gasteiger partial charge in [-0.3, -0.25) is 5.32 Å². The molecule has 0 aliphatic heterocycles. The highest BCUT2D eigenvalue weighted by Crippen LogP contribution is 1.93. The Hall–Kier alpha value is -0.440. The lowest BCUT2D eigenvalue weighted by Crippen LogP contribution is -2.25. The lowest BCUT2D eigenvalue weighted by molar-refractivity contribution is 0.518. The maximum atomic E-state index is 9.60. The van der Waals surface area contributed by atoms with E-state index in [4.69, 9.17) is 0 Å². The Morgan fingerprint density at radius 1 is 1.67 bits per heavy atom. The highest BCUT2D eigenvalue weighted by molar-refractivity contribution is 4.56. The molecule has 0 spiro atoms. The predicted molar refractivity (Wildman–Crippen MR) is 38.2 cm³/mol. The van der Waals surface area contributed by atoms with Gasteiger partial charge in [-0.15, -0.1) is 4.91 Å². The molecule has 0 radical (unpaired) electrons. The summed E-state index contributed by atoms with van der Waals surface area (Å²) in [5.41, 5.74) is 0. The molecule has 0 saturated heterocycles. The van der Waals surface area contributed by atoms with Crippen LogP contribution in [0.25, 0.3) is 0 Å². The van der Waals surface area contributed by atoms with Gasteiger partial charge in [0, 0.05) is 6.04 Å². The van der Waals surface area contributed by atoms with E-state index >= 15 is 0 Å². The third kappa shape index (κ3) is 5.43.